The summed E-state index contributed by atoms with van der Waals surface area (Å²) < 4.78 is 17.6. The van der Waals surface area contributed by atoms with Gasteiger partial charge in [0.05, 0.1) is 19.3 Å². The number of hydrogen-bond acceptors (Lipinski definition) is 5. The van der Waals surface area contributed by atoms with Crippen molar-refractivity contribution in [3.8, 4) is 11.5 Å². The van der Waals surface area contributed by atoms with Crippen molar-refractivity contribution in [1.82, 2.24) is 10.6 Å². The molecule has 178 valence electrons. The average Bonchev–Trinajstić information content (AvgIpc) is 2.79. The standard InChI is InChI=1S/C23H39N3O3S.HI/c1-6-12-28-20-9-8-19(16-21(20)29-13-7-2)18(3)26-22(24-4)25-17-23(30-5)10-14-27-15-11-23;/h8-9,16,18H,6-7,10-15,17H2,1-5H3,(H2,24,25,26);1H. The van der Waals surface area contributed by atoms with E-state index in [2.05, 4.69) is 54.8 Å². The van der Waals surface area contributed by atoms with E-state index in [-0.39, 0.29) is 34.8 Å². The molecule has 0 radical (unpaired) electrons. The summed E-state index contributed by atoms with van der Waals surface area (Å²) in [4.78, 5) is 4.43. The van der Waals surface area contributed by atoms with Crippen LogP contribution in [-0.4, -0.2) is 57.0 Å². The molecule has 1 heterocycles. The van der Waals surface area contributed by atoms with Gasteiger partial charge in [0.1, 0.15) is 0 Å². The fourth-order valence-electron chi connectivity index (χ4n) is 3.37. The van der Waals surface area contributed by atoms with Crippen LogP contribution < -0.4 is 20.1 Å². The summed E-state index contributed by atoms with van der Waals surface area (Å²) in [5, 5.41) is 7.04. The molecule has 1 aromatic carbocycles. The first-order valence-corrected chi connectivity index (χ1v) is 12.3. The van der Waals surface area contributed by atoms with Crippen LogP contribution >= 0.6 is 35.7 Å². The van der Waals surface area contributed by atoms with Crippen LogP contribution in [0.3, 0.4) is 0 Å². The Labute approximate surface area is 209 Å². The van der Waals surface area contributed by atoms with Crippen molar-refractivity contribution < 1.29 is 14.2 Å². The molecular formula is C23H40IN3O3S. The van der Waals surface area contributed by atoms with E-state index in [0.29, 0.717) is 13.2 Å². The summed E-state index contributed by atoms with van der Waals surface area (Å²) in [5.41, 5.74) is 1.14. The van der Waals surface area contributed by atoms with Gasteiger partial charge in [-0.05, 0) is 56.6 Å². The number of benzene rings is 1. The van der Waals surface area contributed by atoms with Gasteiger partial charge in [-0.1, -0.05) is 19.9 Å². The van der Waals surface area contributed by atoms with Gasteiger partial charge in [-0.2, -0.15) is 11.8 Å². The molecule has 0 bridgehead atoms. The Balaban J connectivity index is 0.00000480. The first kappa shape index (κ1) is 28.2. The van der Waals surface area contributed by atoms with E-state index in [1.807, 2.05) is 24.9 Å². The number of nitrogens with zero attached hydrogens (tertiary/aromatic N) is 1. The predicted molar refractivity (Wildman–Crippen MR) is 143 cm³/mol. The summed E-state index contributed by atoms with van der Waals surface area (Å²) in [6, 6.07) is 6.26. The van der Waals surface area contributed by atoms with Crippen LogP contribution in [0.5, 0.6) is 11.5 Å². The number of thioether (sulfide) groups is 1. The maximum Gasteiger partial charge on any atom is 0.191 e. The molecule has 1 saturated heterocycles. The number of aliphatic imine (C=N–C) groups is 1. The smallest absolute Gasteiger partial charge is 0.191 e. The molecule has 1 fully saturated rings. The quantitative estimate of drug-likeness (QED) is 0.223. The zero-order chi connectivity index (χ0) is 21.8. The van der Waals surface area contributed by atoms with E-state index in [9.17, 15) is 0 Å². The molecule has 2 N–H and O–H groups in total. The Hall–Kier alpha value is -0.870. The maximum atomic E-state index is 5.95. The molecule has 31 heavy (non-hydrogen) atoms. The van der Waals surface area contributed by atoms with Gasteiger partial charge < -0.3 is 24.8 Å². The third-order valence-electron chi connectivity index (χ3n) is 5.38. The number of hydrogen-bond donors (Lipinski definition) is 2. The normalized spacial score (nSPS) is 16.7. The van der Waals surface area contributed by atoms with Crippen LogP contribution in [0.25, 0.3) is 0 Å². The van der Waals surface area contributed by atoms with E-state index in [0.717, 1.165) is 68.5 Å². The Morgan fingerprint density at radius 3 is 2.39 bits per heavy atom. The monoisotopic (exact) mass is 565 g/mol. The van der Waals surface area contributed by atoms with E-state index in [1.165, 1.54) is 0 Å². The minimum atomic E-state index is 0. The highest BCUT2D eigenvalue weighted by atomic mass is 127. The van der Waals surface area contributed by atoms with Gasteiger partial charge in [0.2, 0.25) is 0 Å². The maximum absolute atomic E-state index is 5.95. The highest BCUT2D eigenvalue weighted by molar-refractivity contribution is 14.0. The van der Waals surface area contributed by atoms with Crippen LogP contribution in [0.2, 0.25) is 0 Å². The highest BCUT2D eigenvalue weighted by Gasteiger charge is 2.31. The van der Waals surface area contributed by atoms with Crippen molar-refractivity contribution in [1.29, 1.82) is 0 Å². The lowest BCUT2D eigenvalue weighted by Crippen LogP contribution is -2.48. The molecule has 1 atom stereocenters. The molecule has 0 saturated carbocycles. The molecule has 1 aromatic rings. The van der Waals surface area contributed by atoms with E-state index < -0.39 is 0 Å². The molecule has 8 heteroatoms. The zero-order valence-corrected chi connectivity index (χ0v) is 22.8. The Kier molecular flexibility index (Phi) is 13.7. The molecule has 0 amide bonds. The van der Waals surface area contributed by atoms with Crippen LogP contribution in [0, 0.1) is 0 Å². The van der Waals surface area contributed by atoms with Crippen molar-refractivity contribution in [2.45, 2.75) is 57.2 Å². The van der Waals surface area contributed by atoms with Gasteiger partial charge in [0.25, 0.3) is 0 Å². The minimum absolute atomic E-state index is 0. The molecule has 0 aliphatic carbocycles. The predicted octanol–water partition coefficient (Wildman–Crippen LogP) is 5.02. The summed E-state index contributed by atoms with van der Waals surface area (Å²) in [6.07, 6.45) is 6.24. The number of rotatable bonds is 11. The molecule has 6 nitrogen and oxygen atoms in total. The fourth-order valence-corrected chi connectivity index (χ4v) is 4.17. The summed E-state index contributed by atoms with van der Waals surface area (Å²) in [7, 11) is 1.81. The van der Waals surface area contributed by atoms with E-state index >= 15 is 0 Å². The number of halogens is 1. The van der Waals surface area contributed by atoms with Crippen molar-refractivity contribution in [3.63, 3.8) is 0 Å². The number of nitrogens with one attached hydrogen (secondary N) is 2. The Bertz CT molecular complexity index is 669. The van der Waals surface area contributed by atoms with Crippen molar-refractivity contribution >= 4 is 41.7 Å². The molecule has 1 aliphatic rings. The van der Waals surface area contributed by atoms with Crippen LogP contribution in [-0.2, 0) is 4.74 Å². The van der Waals surface area contributed by atoms with Crippen LogP contribution in [0.4, 0.5) is 0 Å². The lowest BCUT2D eigenvalue weighted by Gasteiger charge is -2.36. The second-order valence-electron chi connectivity index (χ2n) is 7.69. The SMILES string of the molecule is CCCOc1ccc(C(C)NC(=NC)NCC2(SC)CCOCC2)cc1OCCC.I. The van der Waals surface area contributed by atoms with Gasteiger partial charge in [-0.15, -0.1) is 24.0 Å². The van der Waals surface area contributed by atoms with Gasteiger partial charge in [0, 0.05) is 31.6 Å². The van der Waals surface area contributed by atoms with Gasteiger partial charge in [0.15, 0.2) is 17.5 Å². The van der Waals surface area contributed by atoms with Gasteiger partial charge >= 0.3 is 0 Å². The van der Waals surface area contributed by atoms with E-state index in [1.54, 1.807) is 0 Å². The third-order valence-corrected chi connectivity index (χ3v) is 6.80. The first-order chi connectivity index (χ1) is 14.6. The Morgan fingerprint density at radius 2 is 1.81 bits per heavy atom. The Morgan fingerprint density at radius 1 is 1.16 bits per heavy atom. The largest absolute Gasteiger partial charge is 0.490 e. The van der Waals surface area contributed by atoms with E-state index in [4.69, 9.17) is 14.2 Å². The molecule has 0 aromatic heterocycles. The third kappa shape index (κ3) is 8.88. The lowest BCUT2D eigenvalue weighted by atomic mass is 9.99. The second kappa shape index (κ2) is 15.1. The first-order valence-electron chi connectivity index (χ1n) is 11.1. The summed E-state index contributed by atoms with van der Waals surface area (Å²) in [5.74, 6) is 2.43. The highest BCUT2D eigenvalue weighted by Crippen LogP contribution is 2.33. The molecule has 1 unspecified atom stereocenters. The number of ether oxygens (including phenoxy) is 3. The molecule has 1 aliphatic heterocycles. The topological polar surface area (TPSA) is 64.1 Å². The molecule has 2 rings (SSSR count). The lowest BCUT2D eigenvalue weighted by molar-refractivity contribution is 0.0782. The van der Waals surface area contributed by atoms with Crippen molar-refractivity contribution in [2.24, 2.45) is 4.99 Å². The fraction of sp³-hybridized carbons (Fsp3) is 0.696. The summed E-state index contributed by atoms with van der Waals surface area (Å²) in [6.45, 7) is 10.3. The minimum Gasteiger partial charge on any atom is -0.490 e. The van der Waals surface area contributed by atoms with Crippen LogP contribution in [0.1, 0.15) is 58.1 Å². The van der Waals surface area contributed by atoms with Crippen molar-refractivity contribution in [2.75, 3.05) is 46.3 Å². The number of guanidine groups is 1. The second-order valence-corrected chi connectivity index (χ2v) is 8.97. The van der Waals surface area contributed by atoms with Gasteiger partial charge in [-0.3, -0.25) is 4.99 Å². The van der Waals surface area contributed by atoms with Crippen molar-refractivity contribution in [3.05, 3.63) is 23.8 Å². The summed E-state index contributed by atoms with van der Waals surface area (Å²) >= 11 is 1.92. The average molecular weight is 566 g/mol. The molecular weight excluding hydrogens is 525 g/mol. The van der Waals surface area contributed by atoms with Crippen LogP contribution in [0.15, 0.2) is 23.2 Å². The zero-order valence-electron chi connectivity index (χ0n) is 19.7. The molecule has 0 spiro atoms. The van der Waals surface area contributed by atoms with Gasteiger partial charge in [-0.25, -0.2) is 0 Å².